The molecule has 0 unspecified atom stereocenters. The van der Waals surface area contributed by atoms with E-state index in [0.717, 1.165) is 3.57 Å². The van der Waals surface area contributed by atoms with Crippen molar-refractivity contribution in [3.63, 3.8) is 0 Å². The van der Waals surface area contributed by atoms with E-state index in [-0.39, 0.29) is 22.8 Å². The monoisotopic (exact) mass is 277 g/mol. The van der Waals surface area contributed by atoms with Gasteiger partial charge in [0, 0.05) is 3.57 Å². The van der Waals surface area contributed by atoms with Crippen molar-refractivity contribution in [2.24, 2.45) is 0 Å². The SMILES string of the molecule is CC(=O)c1ccc(I)c(N)c1O. The number of carbonyl (C=O) groups is 1. The number of benzene rings is 1. The van der Waals surface area contributed by atoms with E-state index < -0.39 is 0 Å². The lowest BCUT2D eigenvalue weighted by molar-refractivity contribution is 0.101. The zero-order chi connectivity index (χ0) is 9.30. The number of nitrogen functional groups attached to an aromatic ring is 1. The fourth-order valence-corrected chi connectivity index (χ4v) is 1.30. The molecule has 0 radical (unpaired) electrons. The molecule has 64 valence electrons. The van der Waals surface area contributed by atoms with Gasteiger partial charge in [-0.3, -0.25) is 4.79 Å². The number of hydrogen-bond donors (Lipinski definition) is 2. The first kappa shape index (κ1) is 9.31. The van der Waals surface area contributed by atoms with Crippen molar-refractivity contribution in [3.8, 4) is 5.75 Å². The van der Waals surface area contributed by atoms with Crippen molar-refractivity contribution < 1.29 is 9.90 Å². The van der Waals surface area contributed by atoms with Crippen LogP contribution in [-0.4, -0.2) is 10.9 Å². The molecule has 0 fully saturated rings. The van der Waals surface area contributed by atoms with Crippen molar-refractivity contribution in [1.29, 1.82) is 0 Å². The fourth-order valence-electron chi connectivity index (χ4n) is 0.868. The summed E-state index contributed by atoms with van der Waals surface area (Å²) in [6.07, 6.45) is 0. The molecule has 1 aromatic rings. The van der Waals surface area contributed by atoms with E-state index in [1.54, 1.807) is 12.1 Å². The smallest absolute Gasteiger partial charge is 0.163 e. The first-order valence-electron chi connectivity index (χ1n) is 3.32. The van der Waals surface area contributed by atoms with Crippen molar-refractivity contribution >= 4 is 34.1 Å². The van der Waals surface area contributed by atoms with Crippen LogP contribution < -0.4 is 5.73 Å². The third-order valence-electron chi connectivity index (χ3n) is 1.54. The normalized spacial score (nSPS) is 9.83. The number of phenols is 1. The second kappa shape index (κ2) is 3.30. The minimum absolute atomic E-state index is 0.116. The van der Waals surface area contributed by atoms with Gasteiger partial charge in [0.05, 0.1) is 11.3 Å². The Hall–Kier alpha value is -0.780. The molecule has 0 bridgehead atoms. The number of rotatable bonds is 1. The lowest BCUT2D eigenvalue weighted by Crippen LogP contribution is -1.98. The number of ketones is 1. The molecule has 1 aromatic carbocycles. The molecule has 0 aromatic heterocycles. The van der Waals surface area contributed by atoms with Crippen LogP contribution >= 0.6 is 22.6 Å². The summed E-state index contributed by atoms with van der Waals surface area (Å²) in [5.41, 5.74) is 6.05. The summed E-state index contributed by atoms with van der Waals surface area (Å²) in [6, 6.07) is 3.27. The third kappa shape index (κ3) is 1.52. The Labute approximate surface area is 83.7 Å². The molecule has 0 atom stereocenters. The quantitative estimate of drug-likeness (QED) is 0.356. The van der Waals surface area contributed by atoms with Gasteiger partial charge in [-0.15, -0.1) is 0 Å². The average Bonchev–Trinajstić information content (AvgIpc) is 2.00. The van der Waals surface area contributed by atoms with Crippen molar-refractivity contribution in [2.75, 3.05) is 5.73 Å². The summed E-state index contributed by atoms with van der Waals surface area (Å²) in [6.45, 7) is 1.39. The average molecular weight is 277 g/mol. The van der Waals surface area contributed by atoms with Crippen molar-refractivity contribution in [2.45, 2.75) is 6.92 Å². The fraction of sp³-hybridized carbons (Fsp3) is 0.125. The molecule has 0 saturated heterocycles. The molecular weight excluding hydrogens is 269 g/mol. The molecular formula is C8H8INO2. The van der Waals surface area contributed by atoms with E-state index in [0.29, 0.717) is 0 Å². The predicted octanol–water partition coefficient (Wildman–Crippen LogP) is 1.78. The van der Waals surface area contributed by atoms with Gasteiger partial charge in [0.15, 0.2) is 5.78 Å². The Bertz CT molecular complexity index is 336. The number of halogens is 1. The van der Waals surface area contributed by atoms with Gasteiger partial charge in [0.25, 0.3) is 0 Å². The molecule has 0 heterocycles. The number of phenolic OH excluding ortho intramolecular Hbond substituents is 1. The largest absolute Gasteiger partial charge is 0.505 e. The van der Waals surface area contributed by atoms with Crippen LogP contribution in [0.1, 0.15) is 17.3 Å². The van der Waals surface area contributed by atoms with Crippen LogP contribution in [0.15, 0.2) is 12.1 Å². The standard InChI is InChI=1S/C8H8INO2/c1-4(11)5-2-3-6(9)7(10)8(5)12/h2-3,12H,10H2,1H3. The van der Waals surface area contributed by atoms with E-state index in [4.69, 9.17) is 5.73 Å². The highest BCUT2D eigenvalue weighted by Gasteiger charge is 2.10. The van der Waals surface area contributed by atoms with E-state index in [2.05, 4.69) is 0 Å². The summed E-state index contributed by atoms with van der Waals surface area (Å²) >= 11 is 1.99. The van der Waals surface area contributed by atoms with E-state index in [1.165, 1.54) is 6.92 Å². The van der Waals surface area contributed by atoms with Gasteiger partial charge in [-0.05, 0) is 41.6 Å². The number of anilines is 1. The molecule has 3 nitrogen and oxygen atoms in total. The van der Waals surface area contributed by atoms with Gasteiger partial charge >= 0.3 is 0 Å². The Balaban J connectivity index is 3.36. The predicted molar refractivity (Wildman–Crippen MR) is 55.2 cm³/mol. The number of hydrogen-bond acceptors (Lipinski definition) is 3. The van der Waals surface area contributed by atoms with Crippen LogP contribution in [-0.2, 0) is 0 Å². The highest BCUT2D eigenvalue weighted by atomic mass is 127. The van der Waals surface area contributed by atoms with E-state index >= 15 is 0 Å². The van der Waals surface area contributed by atoms with Crippen molar-refractivity contribution in [3.05, 3.63) is 21.3 Å². The maximum Gasteiger partial charge on any atom is 0.163 e. The highest BCUT2D eigenvalue weighted by Crippen LogP contribution is 2.29. The molecule has 0 aliphatic carbocycles. The molecule has 3 N–H and O–H groups in total. The Morgan fingerprint density at radius 1 is 1.58 bits per heavy atom. The number of aromatic hydroxyl groups is 1. The first-order valence-corrected chi connectivity index (χ1v) is 4.39. The second-order valence-corrected chi connectivity index (χ2v) is 3.58. The van der Waals surface area contributed by atoms with Crippen LogP contribution in [0, 0.1) is 3.57 Å². The minimum Gasteiger partial charge on any atom is -0.505 e. The summed E-state index contributed by atoms with van der Waals surface area (Å²) in [4.78, 5) is 10.9. The van der Waals surface area contributed by atoms with Crippen LogP contribution in [0.3, 0.4) is 0 Å². The molecule has 12 heavy (non-hydrogen) atoms. The van der Waals surface area contributed by atoms with Gasteiger partial charge < -0.3 is 10.8 Å². The summed E-state index contributed by atoms with van der Waals surface area (Å²) in [5.74, 6) is -0.301. The number of Topliss-reactive ketones (excluding diaryl/α,β-unsaturated/α-hetero) is 1. The Kier molecular flexibility index (Phi) is 2.56. The Morgan fingerprint density at radius 2 is 2.17 bits per heavy atom. The van der Waals surface area contributed by atoms with Gasteiger partial charge in [-0.2, -0.15) is 0 Å². The molecule has 0 aliphatic heterocycles. The topological polar surface area (TPSA) is 63.3 Å². The summed E-state index contributed by atoms with van der Waals surface area (Å²) < 4.78 is 0.745. The van der Waals surface area contributed by atoms with Crippen LogP contribution in [0.25, 0.3) is 0 Å². The van der Waals surface area contributed by atoms with Gasteiger partial charge in [-0.1, -0.05) is 0 Å². The lowest BCUT2D eigenvalue weighted by atomic mass is 10.1. The summed E-state index contributed by atoms with van der Waals surface area (Å²) in [5, 5.41) is 9.40. The van der Waals surface area contributed by atoms with E-state index in [1.807, 2.05) is 22.6 Å². The van der Waals surface area contributed by atoms with Crippen molar-refractivity contribution in [1.82, 2.24) is 0 Å². The van der Waals surface area contributed by atoms with Gasteiger partial charge in [-0.25, -0.2) is 0 Å². The number of carbonyl (C=O) groups excluding carboxylic acids is 1. The lowest BCUT2D eigenvalue weighted by Gasteiger charge is -2.04. The molecule has 0 saturated carbocycles. The molecule has 4 heteroatoms. The first-order chi connectivity index (χ1) is 5.54. The third-order valence-corrected chi connectivity index (χ3v) is 2.48. The van der Waals surface area contributed by atoms with Crippen LogP contribution in [0.4, 0.5) is 5.69 Å². The molecule has 0 aliphatic rings. The molecule has 0 spiro atoms. The van der Waals surface area contributed by atoms with E-state index in [9.17, 15) is 9.90 Å². The summed E-state index contributed by atoms with van der Waals surface area (Å²) in [7, 11) is 0. The highest BCUT2D eigenvalue weighted by molar-refractivity contribution is 14.1. The molecule has 1 rings (SSSR count). The molecule has 0 amide bonds. The minimum atomic E-state index is -0.185. The van der Waals surface area contributed by atoms with Gasteiger partial charge in [0.2, 0.25) is 0 Å². The van der Waals surface area contributed by atoms with Crippen LogP contribution in [0.5, 0.6) is 5.75 Å². The number of nitrogens with two attached hydrogens (primary N) is 1. The zero-order valence-electron chi connectivity index (χ0n) is 6.47. The maximum atomic E-state index is 10.9. The maximum absolute atomic E-state index is 10.9. The second-order valence-electron chi connectivity index (χ2n) is 2.41. The zero-order valence-corrected chi connectivity index (χ0v) is 8.62. The Morgan fingerprint density at radius 3 is 2.67 bits per heavy atom. The van der Waals surface area contributed by atoms with Crippen LogP contribution in [0.2, 0.25) is 0 Å². The van der Waals surface area contributed by atoms with Gasteiger partial charge in [0.1, 0.15) is 5.75 Å².